The molecular weight excluding hydrogens is 419 g/mol. The molecule has 1 atom stereocenters. The van der Waals surface area contributed by atoms with E-state index in [1.165, 1.54) is 0 Å². The second kappa shape index (κ2) is 10.4. The van der Waals surface area contributed by atoms with Crippen LogP contribution in [0.2, 0.25) is 10.0 Å². The summed E-state index contributed by atoms with van der Waals surface area (Å²) < 4.78 is 11.2. The summed E-state index contributed by atoms with van der Waals surface area (Å²) in [6, 6.07) is 9.14. The van der Waals surface area contributed by atoms with Gasteiger partial charge in [0.05, 0.1) is 45.5 Å². The Labute approximate surface area is 178 Å². The van der Waals surface area contributed by atoms with Gasteiger partial charge in [0.15, 0.2) is 5.09 Å². The number of nitriles is 2. The Balaban J connectivity index is 2.72. The van der Waals surface area contributed by atoms with E-state index in [9.17, 15) is 10.1 Å². The fraction of sp³-hybridized carbons (Fsp3) is 0.350. The summed E-state index contributed by atoms with van der Waals surface area (Å²) in [5.41, 5.74) is 1.14. The van der Waals surface area contributed by atoms with Gasteiger partial charge in [0.1, 0.15) is 11.8 Å². The molecule has 1 aromatic rings. The number of carbonyl (C=O) groups is 1. The molecule has 5 nitrogen and oxygen atoms in total. The van der Waals surface area contributed by atoms with Gasteiger partial charge in [-0.1, -0.05) is 48.0 Å². The number of allylic oxidation sites excluding steroid dienone is 2. The third-order valence-electron chi connectivity index (χ3n) is 3.95. The minimum Gasteiger partial charge on any atom is -0.463 e. The number of hydrogen-bond acceptors (Lipinski definition) is 6. The first kappa shape index (κ1) is 22.2. The Kier molecular flexibility index (Phi) is 8.26. The van der Waals surface area contributed by atoms with Crippen molar-refractivity contribution in [2.24, 2.45) is 0 Å². The van der Waals surface area contributed by atoms with E-state index >= 15 is 0 Å². The highest BCUT2D eigenvalue weighted by molar-refractivity contribution is 8.03. The van der Waals surface area contributed by atoms with Gasteiger partial charge in [0.2, 0.25) is 0 Å². The molecule has 8 heteroatoms. The molecule has 0 spiro atoms. The van der Waals surface area contributed by atoms with Crippen LogP contribution in [-0.4, -0.2) is 18.3 Å². The van der Waals surface area contributed by atoms with E-state index in [1.54, 1.807) is 25.1 Å². The summed E-state index contributed by atoms with van der Waals surface area (Å²) in [5.74, 6) is -0.700. The summed E-state index contributed by atoms with van der Waals surface area (Å²) in [6.07, 6.45) is 1.21. The number of thioether (sulfide) groups is 1. The van der Waals surface area contributed by atoms with Crippen LogP contribution in [-0.2, 0) is 14.3 Å². The summed E-state index contributed by atoms with van der Waals surface area (Å²) in [4.78, 5) is 12.8. The summed E-state index contributed by atoms with van der Waals surface area (Å²) >= 11 is 13.3. The lowest BCUT2D eigenvalue weighted by atomic mass is 9.83. The first-order valence-electron chi connectivity index (χ1n) is 8.65. The Morgan fingerprint density at radius 3 is 2.61 bits per heavy atom. The van der Waals surface area contributed by atoms with Crippen molar-refractivity contribution in [2.45, 2.75) is 32.6 Å². The number of hydrogen-bond donors (Lipinski definition) is 0. The molecule has 0 bridgehead atoms. The first-order chi connectivity index (χ1) is 13.5. The number of carbonyl (C=O) groups excluding carboxylic acids is 1. The van der Waals surface area contributed by atoms with Crippen LogP contribution in [0, 0.1) is 22.7 Å². The summed E-state index contributed by atoms with van der Waals surface area (Å²) in [5, 5.41) is 19.8. The molecule has 1 heterocycles. The van der Waals surface area contributed by atoms with E-state index in [1.807, 2.05) is 13.0 Å². The van der Waals surface area contributed by atoms with E-state index in [-0.39, 0.29) is 23.5 Å². The fourth-order valence-electron chi connectivity index (χ4n) is 2.84. The first-order valence-corrected chi connectivity index (χ1v) is 10.4. The van der Waals surface area contributed by atoms with Crippen LogP contribution in [0.1, 0.15) is 38.2 Å². The van der Waals surface area contributed by atoms with Crippen molar-refractivity contribution < 1.29 is 14.3 Å². The number of benzene rings is 1. The molecule has 0 aliphatic carbocycles. The van der Waals surface area contributed by atoms with Crippen molar-refractivity contribution >= 4 is 40.9 Å². The van der Waals surface area contributed by atoms with Gasteiger partial charge in [0, 0.05) is 6.42 Å². The Morgan fingerprint density at radius 2 is 2.04 bits per heavy atom. The molecule has 0 amide bonds. The number of rotatable bonds is 7. The molecule has 1 aliphatic rings. The molecule has 0 N–H and O–H groups in total. The normalized spacial score (nSPS) is 16.3. The number of halogens is 2. The van der Waals surface area contributed by atoms with Crippen molar-refractivity contribution in [3.8, 4) is 12.1 Å². The van der Waals surface area contributed by atoms with Gasteiger partial charge in [-0.15, -0.1) is 0 Å². The van der Waals surface area contributed by atoms with Crippen LogP contribution in [0.5, 0.6) is 0 Å². The molecule has 0 saturated heterocycles. The smallest absolute Gasteiger partial charge is 0.338 e. The molecule has 0 fully saturated rings. The quantitative estimate of drug-likeness (QED) is 0.508. The molecule has 2 rings (SSSR count). The van der Waals surface area contributed by atoms with Gasteiger partial charge < -0.3 is 9.47 Å². The van der Waals surface area contributed by atoms with Crippen molar-refractivity contribution in [1.82, 2.24) is 0 Å². The Hall–Kier alpha value is -2.12. The van der Waals surface area contributed by atoms with Gasteiger partial charge in [-0.05, 0) is 31.0 Å². The van der Waals surface area contributed by atoms with E-state index in [0.717, 1.165) is 18.2 Å². The minimum absolute atomic E-state index is 0.114. The predicted octanol–water partition coefficient (Wildman–Crippen LogP) is 5.72. The highest BCUT2D eigenvalue weighted by Gasteiger charge is 2.38. The molecule has 0 saturated carbocycles. The van der Waals surface area contributed by atoms with E-state index < -0.39 is 11.9 Å². The third kappa shape index (κ3) is 4.83. The molecular formula is C20H18Cl2N2O3S. The maximum atomic E-state index is 12.8. The number of nitrogens with zero attached hydrogens (tertiary/aromatic N) is 2. The third-order valence-corrected chi connectivity index (χ3v) is 5.53. The maximum Gasteiger partial charge on any atom is 0.338 e. The number of ether oxygens (including phenoxy) is 2. The molecule has 0 aromatic heterocycles. The summed E-state index contributed by atoms with van der Waals surface area (Å²) in [6.45, 7) is 3.86. The second-order valence-electron chi connectivity index (χ2n) is 5.78. The minimum atomic E-state index is -0.713. The highest BCUT2D eigenvalue weighted by Crippen LogP contribution is 2.45. The zero-order valence-corrected chi connectivity index (χ0v) is 17.7. The van der Waals surface area contributed by atoms with E-state index in [0.29, 0.717) is 32.9 Å². The molecule has 1 aliphatic heterocycles. The van der Waals surface area contributed by atoms with Crippen LogP contribution in [0.3, 0.4) is 0 Å². The van der Waals surface area contributed by atoms with Crippen molar-refractivity contribution in [2.75, 3.05) is 12.4 Å². The van der Waals surface area contributed by atoms with Crippen molar-refractivity contribution in [1.29, 1.82) is 10.5 Å². The predicted molar refractivity (Wildman–Crippen MR) is 110 cm³/mol. The lowest BCUT2D eigenvalue weighted by Gasteiger charge is -2.29. The molecule has 1 aromatic carbocycles. The van der Waals surface area contributed by atoms with E-state index in [2.05, 4.69) is 6.07 Å². The van der Waals surface area contributed by atoms with Crippen molar-refractivity contribution in [3.63, 3.8) is 0 Å². The second-order valence-corrected chi connectivity index (χ2v) is 7.54. The largest absolute Gasteiger partial charge is 0.463 e. The zero-order chi connectivity index (χ0) is 20.7. The molecule has 28 heavy (non-hydrogen) atoms. The summed E-state index contributed by atoms with van der Waals surface area (Å²) in [7, 11) is 0. The molecule has 0 radical (unpaired) electrons. The average molecular weight is 437 g/mol. The van der Waals surface area contributed by atoms with Gasteiger partial charge in [0.25, 0.3) is 0 Å². The van der Waals surface area contributed by atoms with E-state index in [4.69, 9.17) is 37.9 Å². The fourth-order valence-corrected chi connectivity index (χ4v) is 3.82. The standard InChI is InChI=1S/C20H18Cl2N2O3S/c1-3-5-16-18(19(25)26-4-2)17(12-6-7-14(21)15(22)10-12)13(11-24)20(27-16)28-9-8-23/h6-7,10,17H,3-5,9H2,1-2H3/t17-/m1/s1. The van der Waals surface area contributed by atoms with Gasteiger partial charge in [-0.2, -0.15) is 10.5 Å². The van der Waals surface area contributed by atoms with Crippen LogP contribution in [0.15, 0.2) is 40.2 Å². The average Bonchev–Trinajstić information content (AvgIpc) is 2.68. The topological polar surface area (TPSA) is 83.1 Å². The van der Waals surface area contributed by atoms with Crippen LogP contribution >= 0.6 is 35.0 Å². The molecule has 146 valence electrons. The SMILES string of the molecule is CCCC1=C(C(=O)OCC)[C@H](c2ccc(Cl)c(Cl)c2)C(C#N)=C(SCC#N)O1. The van der Waals surface area contributed by atoms with Gasteiger partial charge >= 0.3 is 5.97 Å². The zero-order valence-electron chi connectivity index (χ0n) is 15.4. The van der Waals surface area contributed by atoms with Crippen LogP contribution < -0.4 is 0 Å². The molecule has 0 unspecified atom stereocenters. The van der Waals surface area contributed by atoms with Crippen molar-refractivity contribution in [3.05, 3.63) is 55.8 Å². The lowest BCUT2D eigenvalue weighted by Crippen LogP contribution is -2.23. The number of esters is 1. The highest BCUT2D eigenvalue weighted by atomic mass is 35.5. The van der Waals surface area contributed by atoms with Crippen LogP contribution in [0.4, 0.5) is 0 Å². The monoisotopic (exact) mass is 436 g/mol. The van der Waals surface area contributed by atoms with Gasteiger partial charge in [-0.25, -0.2) is 4.79 Å². The lowest BCUT2D eigenvalue weighted by molar-refractivity contribution is -0.139. The Morgan fingerprint density at radius 1 is 1.29 bits per heavy atom. The maximum absolute atomic E-state index is 12.8. The Bertz CT molecular complexity index is 913. The van der Waals surface area contributed by atoms with Gasteiger partial charge in [-0.3, -0.25) is 0 Å². The van der Waals surface area contributed by atoms with Crippen LogP contribution in [0.25, 0.3) is 0 Å².